The molecule has 1 amide bonds. The third-order valence-electron chi connectivity index (χ3n) is 7.85. The van der Waals surface area contributed by atoms with E-state index in [0.717, 1.165) is 44.2 Å². The van der Waals surface area contributed by atoms with Gasteiger partial charge in [-0.2, -0.15) is 0 Å². The van der Waals surface area contributed by atoms with Crippen LogP contribution in [0.4, 0.5) is 5.69 Å². The molecule has 3 fully saturated rings. The molecule has 1 saturated carbocycles. The van der Waals surface area contributed by atoms with Crippen molar-refractivity contribution in [3.05, 3.63) is 42.0 Å². The maximum Gasteiger partial charge on any atom is 0.253 e. The summed E-state index contributed by atoms with van der Waals surface area (Å²) in [6, 6.07) is 7.87. The summed E-state index contributed by atoms with van der Waals surface area (Å²) in [6.45, 7) is 11.3. The molecule has 0 aromatic heterocycles. The number of nitrogens with zero attached hydrogens (tertiary/aromatic N) is 3. The van der Waals surface area contributed by atoms with Crippen molar-refractivity contribution in [2.45, 2.75) is 63.5 Å². The summed E-state index contributed by atoms with van der Waals surface area (Å²) >= 11 is 0. The zero-order chi connectivity index (χ0) is 20.0. The number of carbonyl (C=O) groups excluding carboxylic acids is 1. The summed E-state index contributed by atoms with van der Waals surface area (Å²) < 4.78 is 0. The van der Waals surface area contributed by atoms with Crippen molar-refractivity contribution in [3.8, 4) is 0 Å². The van der Waals surface area contributed by atoms with Gasteiger partial charge in [0.25, 0.3) is 5.91 Å². The van der Waals surface area contributed by atoms with Gasteiger partial charge in [-0.15, -0.1) is 6.58 Å². The fourth-order valence-electron chi connectivity index (χ4n) is 6.08. The molecule has 3 heterocycles. The van der Waals surface area contributed by atoms with Crippen LogP contribution in [0.5, 0.6) is 0 Å². The molecular weight excluding hydrogens is 358 g/mol. The van der Waals surface area contributed by atoms with Gasteiger partial charge >= 0.3 is 0 Å². The predicted molar refractivity (Wildman–Crippen MR) is 119 cm³/mol. The Bertz CT molecular complexity index is 786. The second kappa shape index (κ2) is 7.79. The molecular formula is C25H35N3O. The van der Waals surface area contributed by atoms with Gasteiger partial charge in [-0.1, -0.05) is 19.4 Å². The molecule has 156 valence electrons. The van der Waals surface area contributed by atoms with Gasteiger partial charge in [0.15, 0.2) is 0 Å². The average molecular weight is 394 g/mol. The molecule has 0 N–H and O–H groups in total. The maximum absolute atomic E-state index is 13.2. The minimum absolute atomic E-state index is 0.227. The molecule has 3 unspecified atom stereocenters. The maximum atomic E-state index is 13.2. The smallest absolute Gasteiger partial charge is 0.253 e. The van der Waals surface area contributed by atoms with E-state index in [1.807, 2.05) is 6.08 Å². The Hall–Kier alpha value is -1.81. The van der Waals surface area contributed by atoms with Crippen molar-refractivity contribution in [2.24, 2.45) is 5.92 Å². The van der Waals surface area contributed by atoms with E-state index in [2.05, 4.69) is 46.4 Å². The standard InChI is InChI=1S/C25H35N3O/c1-3-12-28-23-10-9-19(25(29)27-13-5-6-18(2)16-27)15-21(23)22-17-26(14-11-24(22)28)20-7-4-8-20/h3,9-10,15,18,20,22,24H,1,4-8,11-14,16-17H2,2H3. The van der Waals surface area contributed by atoms with Gasteiger partial charge in [0.05, 0.1) is 0 Å². The van der Waals surface area contributed by atoms with Crippen LogP contribution in [0.15, 0.2) is 30.9 Å². The van der Waals surface area contributed by atoms with Crippen LogP contribution in [0.1, 0.15) is 67.3 Å². The predicted octanol–water partition coefficient (Wildman–Crippen LogP) is 4.28. The van der Waals surface area contributed by atoms with Gasteiger partial charge in [-0.05, 0) is 61.8 Å². The van der Waals surface area contributed by atoms with Gasteiger partial charge in [0, 0.05) is 62.0 Å². The van der Waals surface area contributed by atoms with Crippen molar-refractivity contribution in [1.29, 1.82) is 0 Å². The molecule has 4 nitrogen and oxygen atoms in total. The summed E-state index contributed by atoms with van der Waals surface area (Å²) in [7, 11) is 0. The molecule has 3 atom stereocenters. The zero-order valence-corrected chi connectivity index (χ0v) is 17.9. The highest BCUT2D eigenvalue weighted by Gasteiger charge is 2.43. The molecule has 1 aliphatic carbocycles. The number of hydrogen-bond acceptors (Lipinski definition) is 3. The Labute approximate surface area is 175 Å². The van der Waals surface area contributed by atoms with Crippen molar-refractivity contribution < 1.29 is 4.79 Å². The van der Waals surface area contributed by atoms with E-state index in [4.69, 9.17) is 0 Å². The van der Waals surface area contributed by atoms with Crippen LogP contribution in [0.25, 0.3) is 0 Å². The van der Waals surface area contributed by atoms with E-state index in [0.29, 0.717) is 17.9 Å². The molecule has 0 spiro atoms. The first-order valence-electron chi connectivity index (χ1n) is 11.7. The first kappa shape index (κ1) is 19.2. The van der Waals surface area contributed by atoms with E-state index in [-0.39, 0.29) is 5.91 Å². The van der Waals surface area contributed by atoms with Crippen molar-refractivity contribution >= 4 is 11.6 Å². The van der Waals surface area contributed by atoms with E-state index >= 15 is 0 Å². The minimum Gasteiger partial charge on any atom is -0.364 e. The molecule has 0 bridgehead atoms. The van der Waals surface area contributed by atoms with Crippen LogP contribution < -0.4 is 4.90 Å². The van der Waals surface area contributed by atoms with Gasteiger partial charge in [0.1, 0.15) is 0 Å². The molecule has 1 aromatic rings. The number of anilines is 1. The highest BCUT2D eigenvalue weighted by Crippen LogP contribution is 2.46. The fraction of sp³-hybridized carbons (Fsp3) is 0.640. The van der Waals surface area contributed by atoms with E-state index < -0.39 is 0 Å². The third-order valence-corrected chi connectivity index (χ3v) is 7.85. The summed E-state index contributed by atoms with van der Waals surface area (Å²) in [4.78, 5) is 20.6. The molecule has 4 aliphatic rings. The second-order valence-corrected chi connectivity index (χ2v) is 9.76. The van der Waals surface area contributed by atoms with Crippen molar-refractivity contribution in [2.75, 3.05) is 37.6 Å². The Kier molecular flexibility index (Phi) is 5.15. The molecule has 2 saturated heterocycles. The minimum atomic E-state index is 0.227. The van der Waals surface area contributed by atoms with E-state index in [9.17, 15) is 4.79 Å². The number of amides is 1. The summed E-state index contributed by atoms with van der Waals surface area (Å²) in [5, 5.41) is 0. The van der Waals surface area contributed by atoms with Crippen molar-refractivity contribution in [1.82, 2.24) is 9.80 Å². The quantitative estimate of drug-likeness (QED) is 0.715. The molecule has 5 rings (SSSR count). The lowest BCUT2D eigenvalue weighted by molar-refractivity contribution is 0.0682. The summed E-state index contributed by atoms with van der Waals surface area (Å²) in [5.41, 5.74) is 3.62. The SMILES string of the molecule is C=CCN1c2ccc(C(=O)N3CCCC(C)C3)cc2C2CN(C3CCC3)CCC21. The van der Waals surface area contributed by atoms with Gasteiger partial charge in [-0.3, -0.25) is 9.69 Å². The summed E-state index contributed by atoms with van der Waals surface area (Å²) in [5.74, 6) is 1.36. The first-order chi connectivity index (χ1) is 14.2. The number of hydrogen-bond donors (Lipinski definition) is 0. The van der Waals surface area contributed by atoms with Crippen LogP contribution in [-0.2, 0) is 0 Å². The van der Waals surface area contributed by atoms with Crippen molar-refractivity contribution in [3.63, 3.8) is 0 Å². The van der Waals surface area contributed by atoms with E-state index in [1.54, 1.807) is 0 Å². The number of carbonyl (C=O) groups is 1. The normalized spacial score (nSPS) is 29.9. The lowest BCUT2D eigenvalue weighted by Crippen LogP contribution is -2.51. The molecule has 4 heteroatoms. The van der Waals surface area contributed by atoms with Gasteiger partial charge in [0.2, 0.25) is 0 Å². The Balaban J connectivity index is 1.43. The highest BCUT2D eigenvalue weighted by atomic mass is 16.2. The van der Waals surface area contributed by atoms with Crippen LogP contribution in [-0.4, -0.2) is 60.5 Å². The van der Waals surface area contributed by atoms with Crippen LogP contribution in [0.2, 0.25) is 0 Å². The number of piperidine rings is 2. The zero-order valence-electron chi connectivity index (χ0n) is 17.9. The molecule has 1 aromatic carbocycles. The summed E-state index contributed by atoms with van der Waals surface area (Å²) in [6.07, 6.45) is 9.74. The Morgan fingerprint density at radius 2 is 2.00 bits per heavy atom. The number of rotatable bonds is 4. The lowest BCUT2D eigenvalue weighted by Gasteiger charge is -2.45. The lowest BCUT2D eigenvalue weighted by atomic mass is 9.84. The van der Waals surface area contributed by atoms with Crippen LogP contribution in [0.3, 0.4) is 0 Å². The number of benzene rings is 1. The van der Waals surface area contributed by atoms with Crippen LogP contribution >= 0.6 is 0 Å². The molecule has 29 heavy (non-hydrogen) atoms. The van der Waals surface area contributed by atoms with E-state index in [1.165, 1.54) is 49.9 Å². The van der Waals surface area contributed by atoms with Gasteiger partial charge < -0.3 is 9.80 Å². The largest absolute Gasteiger partial charge is 0.364 e. The monoisotopic (exact) mass is 393 g/mol. The number of fused-ring (bicyclic) bond motifs is 3. The Morgan fingerprint density at radius 1 is 1.14 bits per heavy atom. The second-order valence-electron chi connectivity index (χ2n) is 9.76. The van der Waals surface area contributed by atoms with Crippen LogP contribution in [0, 0.1) is 5.92 Å². The highest BCUT2D eigenvalue weighted by molar-refractivity contribution is 5.95. The number of likely N-dealkylation sites (tertiary alicyclic amines) is 2. The average Bonchev–Trinajstić information content (AvgIpc) is 2.99. The first-order valence-corrected chi connectivity index (χ1v) is 11.7. The Morgan fingerprint density at radius 3 is 2.72 bits per heavy atom. The molecule has 0 radical (unpaired) electrons. The third kappa shape index (κ3) is 3.39. The molecule has 3 aliphatic heterocycles. The fourth-order valence-corrected chi connectivity index (χ4v) is 6.08. The van der Waals surface area contributed by atoms with Gasteiger partial charge in [-0.25, -0.2) is 0 Å². The topological polar surface area (TPSA) is 26.8 Å².